The molecule has 2 rings (SSSR count). The van der Waals surface area contributed by atoms with Crippen molar-refractivity contribution in [2.75, 3.05) is 19.7 Å². The normalized spacial score (nSPS) is 17.6. The predicted octanol–water partition coefficient (Wildman–Crippen LogP) is 1.83. The van der Waals surface area contributed by atoms with Gasteiger partial charge < -0.3 is 14.4 Å². The second-order valence-corrected chi connectivity index (χ2v) is 4.73. The van der Waals surface area contributed by atoms with E-state index in [2.05, 4.69) is 0 Å². The number of hydrogen-bond donors (Lipinski definition) is 1. The number of likely N-dealkylation sites (tertiary alicyclic amines) is 1. The van der Waals surface area contributed by atoms with Crippen LogP contribution >= 0.6 is 0 Å². The van der Waals surface area contributed by atoms with E-state index in [4.69, 9.17) is 9.52 Å². The zero-order valence-corrected chi connectivity index (χ0v) is 10.6. The second kappa shape index (κ2) is 5.87. The van der Waals surface area contributed by atoms with Crippen molar-refractivity contribution in [3.05, 3.63) is 29.7 Å². The zero-order chi connectivity index (χ0) is 13.0. The van der Waals surface area contributed by atoms with Crippen LogP contribution in [0.15, 0.2) is 22.6 Å². The number of piperidine rings is 1. The van der Waals surface area contributed by atoms with Crippen molar-refractivity contribution in [3.8, 4) is 0 Å². The summed E-state index contributed by atoms with van der Waals surface area (Å²) in [6, 6.07) is 3.72. The first-order chi connectivity index (χ1) is 8.69. The molecular weight excluding hydrogens is 230 g/mol. The molecule has 1 aliphatic rings. The highest BCUT2D eigenvalue weighted by molar-refractivity contribution is 5.91. The lowest BCUT2D eigenvalue weighted by Gasteiger charge is -2.30. The van der Waals surface area contributed by atoms with E-state index < -0.39 is 0 Å². The van der Waals surface area contributed by atoms with Gasteiger partial charge in [0.2, 0.25) is 5.91 Å². The summed E-state index contributed by atoms with van der Waals surface area (Å²) >= 11 is 0. The molecular formula is C14H19NO3. The van der Waals surface area contributed by atoms with Gasteiger partial charge in [-0.05, 0) is 43.9 Å². The Morgan fingerprint density at radius 1 is 1.50 bits per heavy atom. The highest BCUT2D eigenvalue weighted by Crippen LogP contribution is 2.17. The summed E-state index contributed by atoms with van der Waals surface area (Å²) in [7, 11) is 0. The van der Waals surface area contributed by atoms with Crippen molar-refractivity contribution in [1.82, 2.24) is 4.90 Å². The Bertz CT molecular complexity index is 428. The molecule has 4 nitrogen and oxygen atoms in total. The standard InChI is InChI=1S/C14H19NO3/c1-11-2-3-13(18-11)4-5-14(17)15-8-6-12(10-16)7-9-15/h2-5,12,16H,6-10H2,1H3/b5-4+. The van der Waals surface area contributed by atoms with Crippen LogP contribution in [0.2, 0.25) is 0 Å². The van der Waals surface area contributed by atoms with Gasteiger partial charge >= 0.3 is 0 Å². The molecule has 2 heterocycles. The third-order valence-electron chi connectivity index (χ3n) is 3.34. The average molecular weight is 249 g/mol. The van der Waals surface area contributed by atoms with Crippen LogP contribution in [0.3, 0.4) is 0 Å². The fourth-order valence-corrected chi connectivity index (χ4v) is 2.14. The van der Waals surface area contributed by atoms with Gasteiger partial charge in [-0.2, -0.15) is 0 Å². The van der Waals surface area contributed by atoms with E-state index in [-0.39, 0.29) is 12.5 Å². The highest BCUT2D eigenvalue weighted by Gasteiger charge is 2.20. The molecule has 1 fully saturated rings. The fourth-order valence-electron chi connectivity index (χ4n) is 2.14. The molecule has 0 bridgehead atoms. The van der Waals surface area contributed by atoms with E-state index in [1.165, 1.54) is 0 Å². The lowest BCUT2D eigenvalue weighted by molar-refractivity contribution is -0.127. The maximum Gasteiger partial charge on any atom is 0.246 e. The number of amides is 1. The Morgan fingerprint density at radius 3 is 2.78 bits per heavy atom. The number of aliphatic hydroxyl groups is 1. The zero-order valence-electron chi connectivity index (χ0n) is 10.6. The van der Waals surface area contributed by atoms with Gasteiger partial charge in [-0.3, -0.25) is 4.79 Å². The second-order valence-electron chi connectivity index (χ2n) is 4.73. The van der Waals surface area contributed by atoms with Gasteiger partial charge in [0, 0.05) is 25.8 Å². The number of hydrogen-bond acceptors (Lipinski definition) is 3. The molecule has 4 heteroatoms. The highest BCUT2D eigenvalue weighted by atomic mass is 16.3. The molecule has 1 aromatic rings. The molecule has 0 aliphatic carbocycles. The summed E-state index contributed by atoms with van der Waals surface area (Å²) in [5.74, 6) is 1.91. The third kappa shape index (κ3) is 3.23. The minimum atomic E-state index is 0.0143. The Balaban J connectivity index is 1.87. The predicted molar refractivity (Wildman–Crippen MR) is 68.9 cm³/mol. The SMILES string of the molecule is Cc1ccc(/C=C/C(=O)N2CCC(CO)CC2)o1. The summed E-state index contributed by atoms with van der Waals surface area (Å²) in [6.45, 7) is 3.56. The number of nitrogens with zero attached hydrogens (tertiary/aromatic N) is 1. The minimum absolute atomic E-state index is 0.0143. The van der Waals surface area contributed by atoms with Crippen LogP contribution in [0.4, 0.5) is 0 Å². The maximum absolute atomic E-state index is 11.9. The monoisotopic (exact) mass is 249 g/mol. The van der Waals surface area contributed by atoms with Crippen molar-refractivity contribution < 1.29 is 14.3 Å². The Kier molecular flexibility index (Phi) is 4.20. The first kappa shape index (κ1) is 12.9. The Morgan fingerprint density at radius 2 is 2.22 bits per heavy atom. The molecule has 1 amide bonds. The molecule has 98 valence electrons. The molecule has 18 heavy (non-hydrogen) atoms. The molecule has 0 aromatic carbocycles. The molecule has 1 aliphatic heterocycles. The fraction of sp³-hybridized carbons (Fsp3) is 0.500. The molecule has 0 saturated carbocycles. The Labute approximate surface area is 107 Å². The quantitative estimate of drug-likeness (QED) is 0.831. The first-order valence-corrected chi connectivity index (χ1v) is 6.33. The van der Waals surface area contributed by atoms with E-state index in [1.54, 1.807) is 12.2 Å². The van der Waals surface area contributed by atoms with Crippen LogP contribution in [0.5, 0.6) is 0 Å². The third-order valence-corrected chi connectivity index (χ3v) is 3.34. The van der Waals surface area contributed by atoms with E-state index in [1.807, 2.05) is 24.0 Å². The summed E-state index contributed by atoms with van der Waals surface area (Å²) in [5.41, 5.74) is 0. The summed E-state index contributed by atoms with van der Waals surface area (Å²) in [4.78, 5) is 13.7. The average Bonchev–Trinajstić information content (AvgIpc) is 2.82. The van der Waals surface area contributed by atoms with Gasteiger partial charge in [0.1, 0.15) is 11.5 Å². The Hall–Kier alpha value is -1.55. The molecule has 1 aromatic heterocycles. The van der Waals surface area contributed by atoms with Gasteiger partial charge in [0.25, 0.3) is 0 Å². The summed E-state index contributed by atoms with van der Waals surface area (Å²) < 4.78 is 5.37. The summed E-state index contributed by atoms with van der Waals surface area (Å²) in [5, 5.41) is 9.04. The smallest absolute Gasteiger partial charge is 0.246 e. The van der Waals surface area contributed by atoms with Crippen LogP contribution in [0.1, 0.15) is 24.4 Å². The van der Waals surface area contributed by atoms with Crippen molar-refractivity contribution in [2.45, 2.75) is 19.8 Å². The number of carbonyl (C=O) groups is 1. The molecule has 0 unspecified atom stereocenters. The first-order valence-electron chi connectivity index (χ1n) is 6.33. The number of carbonyl (C=O) groups excluding carboxylic acids is 1. The van der Waals surface area contributed by atoms with Crippen molar-refractivity contribution in [1.29, 1.82) is 0 Å². The molecule has 0 radical (unpaired) electrons. The summed E-state index contributed by atoms with van der Waals surface area (Å²) in [6.07, 6.45) is 5.02. The number of rotatable bonds is 3. The van der Waals surface area contributed by atoms with E-state index in [0.29, 0.717) is 11.7 Å². The molecule has 1 N–H and O–H groups in total. The number of furan rings is 1. The van der Waals surface area contributed by atoms with Crippen LogP contribution < -0.4 is 0 Å². The van der Waals surface area contributed by atoms with E-state index in [0.717, 1.165) is 31.7 Å². The van der Waals surface area contributed by atoms with E-state index >= 15 is 0 Å². The van der Waals surface area contributed by atoms with Gasteiger partial charge in [0.05, 0.1) is 0 Å². The largest absolute Gasteiger partial charge is 0.462 e. The van der Waals surface area contributed by atoms with Crippen molar-refractivity contribution in [2.24, 2.45) is 5.92 Å². The van der Waals surface area contributed by atoms with Crippen LogP contribution in [-0.2, 0) is 4.79 Å². The van der Waals surface area contributed by atoms with Gasteiger partial charge in [-0.15, -0.1) is 0 Å². The van der Waals surface area contributed by atoms with Gasteiger partial charge in [-0.1, -0.05) is 0 Å². The van der Waals surface area contributed by atoms with Gasteiger partial charge in [-0.25, -0.2) is 0 Å². The minimum Gasteiger partial charge on any atom is -0.462 e. The van der Waals surface area contributed by atoms with Crippen molar-refractivity contribution in [3.63, 3.8) is 0 Å². The topological polar surface area (TPSA) is 53.7 Å². The van der Waals surface area contributed by atoms with Crippen LogP contribution in [0.25, 0.3) is 6.08 Å². The number of aryl methyl sites for hydroxylation is 1. The van der Waals surface area contributed by atoms with Crippen molar-refractivity contribution >= 4 is 12.0 Å². The van der Waals surface area contributed by atoms with E-state index in [9.17, 15) is 4.79 Å². The van der Waals surface area contributed by atoms with Crippen LogP contribution in [0, 0.1) is 12.8 Å². The molecule has 0 atom stereocenters. The lowest BCUT2D eigenvalue weighted by Crippen LogP contribution is -2.38. The maximum atomic E-state index is 11.9. The molecule has 0 spiro atoms. The number of aliphatic hydroxyl groups excluding tert-OH is 1. The lowest BCUT2D eigenvalue weighted by atomic mass is 9.98. The van der Waals surface area contributed by atoms with Gasteiger partial charge in [0.15, 0.2) is 0 Å². The molecule has 1 saturated heterocycles. The van der Waals surface area contributed by atoms with Crippen LogP contribution in [-0.4, -0.2) is 35.6 Å².